The van der Waals surface area contributed by atoms with Crippen LogP contribution in [0.25, 0.3) is 5.70 Å². The van der Waals surface area contributed by atoms with E-state index in [1.165, 1.54) is 26.2 Å². The van der Waals surface area contributed by atoms with Gasteiger partial charge in [-0.3, -0.25) is 14.4 Å². The van der Waals surface area contributed by atoms with Crippen LogP contribution in [0.4, 0.5) is 0 Å². The second kappa shape index (κ2) is 9.23. The van der Waals surface area contributed by atoms with E-state index >= 15 is 0 Å². The molecule has 0 fully saturated rings. The van der Waals surface area contributed by atoms with Crippen LogP contribution in [0.15, 0.2) is 54.1 Å². The van der Waals surface area contributed by atoms with E-state index in [4.69, 9.17) is 9.47 Å². The van der Waals surface area contributed by atoms with Gasteiger partial charge in [-0.15, -0.1) is 0 Å². The van der Waals surface area contributed by atoms with Crippen molar-refractivity contribution in [1.82, 2.24) is 4.90 Å². The molecule has 32 heavy (non-hydrogen) atoms. The number of esters is 1. The summed E-state index contributed by atoms with van der Waals surface area (Å²) in [5.74, 6) is -1.04. The molecule has 0 saturated heterocycles. The molecule has 8 heteroatoms. The summed E-state index contributed by atoms with van der Waals surface area (Å²) < 4.78 is 15.0. The zero-order chi connectivity index (χ0) is 23.5. The molecule has 2 aromatic carbocycles. The van der Waals surface area contributed by atoms with Gasteiger partial charge in [0.15, 0.2) is 5.78 Å². The van der Waals surface area contributed by atoms with Crippen LogP contribution >= 0.6 is 0 Å². The van der Waals surface area contributed by atoms with Crippen molar-refractivity contribution < 1.29 is 33.7 Å². The average molecular weight is 439 g/mol. The van der Waals surface area contributed by atoms with Gasteiger partial charge in [0.25, 0.3) is 0 Å². The second-order valence-electron chi connectivity index (χ2n) is 7.15. The number of Topliss-reactive ketones (excluding diaryl/α,β-unsaturated/α-hetero) is 2. The monoisotopic (exact) mass is 439 g/mol. The Morgan fingerprint density at radius 3 is 1.94 bits per heavy atom. The Hall–Kier alpha value is -3.65. The summed E-state index contributed by atoms with van der Waals surface area (Å²) >= 11 is 0. The van der Waals surface area contributed by atoms with Crippen molar-refractivity contribution in [2.75, 3.05) is 27.9 Å². The van der Waals surface area contributed by atoms with E-state index in [-0.39, 0.29) is 23.4 Å². The van der Waals surface area contributed by atoms with Crippen molar-refractivity contribution in [3.8, 4) is 11.5 Å². The third-order valence-corrected chi connectivity index (χ3v) is 5.42. The third-order valence-electron chi connectivity index (χ3n) is 5.42. The molecule has 0 unspecified atom stereocenters. The highest BCUT2D eigenvalue weighted by molar-refractivity contribution is 6.34. The summed E-state index contributed by atoms with van der Waals surface area (Å²) in [4.78, 5) is 40.3. The number of carbonyl (C=O) groups excluding carboxylic acids is 3. The van der Waals surface area contributed by atoms with E-state index in [1.54, 1.807) is 55.5 Å². The zero-order valence-corrected chi connectivity index (χ0v) is 18.4. The molecule has 3 rings (SSSR count). The first-order chi connectivity index (χ1) is 15.3. The van der Waals surface area contributed by atoms with Crippen molar-refractivity contribution in [2.45, 2.75) is 19.1 Å². The van der Waals surface area contributed by atoms with Crippen LogP contribution in [-0.2, 0) is 14.3 Å². The van der Waals surface area contributed by atoms with Crippen LogP contribution in [0.1, 0.15) is 29.3 Å². The molecule has 8 nitrogen and oxygen atoms in total. The SMILES string of the molecule is CCN1C(c2ccc(OC)cc2)=C(C(=O)c2ccc(OC)cc2)C(=O)[C@]1(O)CC(=O)OC. The minimum absolute atomic E-state index is 0.167. The molecule has 0 spiro atoms. The molecule has 0 bridgehead atoms. The number of likely N-dealkylation sites (N-methyl/N-ethyl adjacent to an activating group) is 1. The summed E-state index contributed by atoms with van der Waals surface area (Å²) in [5.41, 5.74) is -1.42. The number of methoxy groups -OCH3 is 3. The lowest BCUT2D eigenvalue weighted by Crippen LogP contribution is -2.51. The quantitative estimate of drug-likeness (QED) is 0.380. The van der Waals surface area contributed by atoms with E-state index < -0.39 is 29.7 Å². The number of nitrogens with zero attached hydrogens (tertiary/aromatic N) is 1. The van der Waals surface area contributed by atoms with Crippen LogP contribution in [-0.4, -0.2) is 61.1 Å². The summed E-state index contributed by atoms with van der Waals surface area (Å²) in [6.45, 7) is 1.89. The molecule has 1 aliphatic rings. The molecular formula is C24H25NO7. The van der Waals surface area contributed by atoms with Crippen LogP contribution in [0, 0.1) is 0 Å². The number of rotatable bonds is 8. The van der Waals surface area contributed by atoms with Gasteiger partial charge in [-0.05, 0) is 61.0 Å². The van der Waals surface area contributed by atoms with Gasteiger partial charge in [0.2, 0.25) is 11.5 Å². The van der Waals surface area contributed by atoms with Crippen molar-refractivity contribution in [2.24, 2.45) is 0 Å². The average Bonchev–Trinajstić information content (AvgIpc) is 3.04. The normalized spacial score (nSPS) is 18.0. The molecule has 1 atom stereocenters. The number of hydrogen-bond acceptors (Lipinski definition) is 8. The summed E-state index contributed by atoms with van der Waals surface area (Å²) in [6.07, 6.45) is -0.616. The maximum atomic E-state index is 13.5. The molecule has 168 valence electrons. The minimum atomic E-state index is -2.24. The zero-order valence-electron chi connectivity index (χ0n) is 18.4. The van der Waals surface area contributed by atoms with E-state index in [0.717, 1.165) is 0 Å². The van der Waals surface area contributed by atoms with Crippen molar-refractivity contribution in [3.63, 3.8) is 0 Å². The molecule has 0 amide bonds. The van der Waals surface area contributed by atoms with Crippen LogP contribution in [0.3, 0.4) is 0 Å². The van der Waals surface area contributed by atoms with Crippen LogP contribution in [0.2, 0.25) is 0 Å². The molecular weight excluding hydrogens is 414 g/mol. The Kier molecular flexibility index (Phi) is 6.64. The molecule has 0 saturated carbocycles. The largest absolute Gasteiger partial charge is 0.497 e. The third kappa shape index (κ3) is 3.97. The first-order valence-corrected chi connectivity index (χ1v) is 9.99. The number of hydrogen-bond donors (Lipinski definition) is 1. The molecule has 0 radical (unpaired) electrons. The number of ether oxygens (including phenoxy) is 3. The van der Waals surface area contributed by atoms with Gasteiger partial charge in [-0.1, -0.05) is 0 Å². The first kappa shape index (κ1) is 23.0. The number of ketones is 2. The van der Waals surface area contributed by atoms with Gasteiger partial charge in [-0.25, -0.2) is 0 Å². The molecule has 1 aliphatic heterocycles. The van der Waals surface area contributed by atoms with Gasteiger partial charge >= 0.3 is 5.97 Å². The minimum Gasteiger partial charge on any atom is -0.497 e. The molecule has 1 N–H and O–H groups in total. The standard InChI is InChI=1S/C24H25NO7/c1-5-25-21(15-6-10-17(30-2)11-7-15)20(23(28)24(25,29)14-19(26)32-4)22(27)16-8-12-18(31-3)13-9-16/h6-13,29H,5,14H2,1-4H3/t24-/m1/s1. The lowest BCUT2D eigenvalue weighted by atomic mass is 9.94. The molecule has 0 aromatic heterocycles. The Balaban J connectivity index is 2.19. The smallest absolute Gasteiger partial charge is 0.310 e. The lowest BCUT2D eigenvalue weighted by Gasteiger charge is -2.34. The van der Waals surface area contributed by atoms with Crippen LogP contribution < -0.4 is 9.47 Å². The van der Waals surface area contributed by atoms with Gasteiger partial charge in [-0.2, -0.15) is 0 Å². The summed E-state index contributed by atoms with van der Waals surface area (Å²) in [6, 6.07) is 13.1. The van der Waals surface area contributed by atoms with E-state index in [1.807, 2.05) is 0 Å². The fraction of sp³-hybridized carbons (Fsp3) is 0.292. The highest BCUT2D eigenvalue weighted by Gasteiger charge is 2.54. The molecule has 0 aliphatic carbocycles. The van der Waals surface area contributed by atoms with Crippen molar-refractivity contribution in [3.05, 3.63) is 65.2 Å². The van der Waals surface area contributed by atoms with Gasteiger partial charge in [0.1, 0.15) is 17.9 Å². The predicted octanol–water partition coefficient (Wildman–Crippen LogP) is 2.45. The number of aliphatic hydroxyl groups is 1. The van der Waals surface area contributed by atoms with E-state index in [9.17, 15) is 19.5 Å². The Morgan fingerprint density at radius 1 is 0.938 bits per heavy atom. The van der Waals surface area contributed by atoms with E-state index in [0.29, 0.717) is 17.1 Å². The number of carbonyl (C=O) groups is 3. The molecule has 2 aromatic rings. The number of benzene rings is 2. The Bertz CT molecular complexity index is 1060. The highest BCUT2D eigenvalue weighted by atomic mass is 16.5. The van der Waals surface area contributed by atoms with Gasteiger partial charge in [0.05, 0.1) is 32.6 Å². The highest BCUT2D eigenvalue weighted by Crippen LogP contribution is 2.42. The predicted molar refractivity (Wildman–Crippen MR) is 116 cm³/mol. The van der Waals surface area contributed by atoms with Crippen LogP contribution in [0.5, 0.6) is 11.5 Å². The Labute approximate surface area is 186 Å². The lowest BCUT2D eigenvalue weighted by molar-refractivity contribution is -0.161. The van der Waals surface area contributed by atoms with Crippen molar-refractivity contribution in [1.29, 1.82) is 0 Å². The second-order valence-corrected chi connectivity index (χ2v) is 7.15. The fourth-order valence-corrected chi connectivity index (χ4v) is 3.77. The fourth-order valence-electron chi connectivity index (χ4n) is 3.77. The maximum Gasteiger partial charge on any atom is 0.310 e. The summed E-state index contributed by atoms with van der Waals surface area (Å²) in [7, 11) is 4.20. The Morgan fingerprint density at radius 2 is 1.47 bits per heavy atom. The van der Waals surface area contributed by atoms with Crippen molar-refractivity contribution >= 4 is 23.2 Å². The summed E-state index contributed by atoms with van der Waals surface area (Å²) in [5, 5.41) is 11.3. The topological polar surface area (TPSA) is 102 Å². The molecule has 1 heterocycles. The van der Waals surface area contributed by atoms with E-state index in [2.05, 4.69) is 4.74 Å². The first-order valence-electron chi connectivity index (χ1n) is 9.99. The van der Waals surface area contributed by atoms with Gasteiger partial charge in [0, 0.05) is 12.1 Å². The maximum absolute atomic E-state index is 13.5. The van der Waals surface area contributed by atoms with Gasteiger partial charge < -0.3 is 24.2 Å².